The Balaban J connectivity index is 0.000000845. The Morgan fingerprint density at radius 2 is 1.92 bits per heavy atom. The number of rotatable bonds is 1. The minimum absolute atomic E-state index is 0. The maximum Gasteiger partial charge on any atom is 0.165 e. The van der Waals surface area contributed by atoms with E-state index in [0.29, 0.717) is 5.82 Å². The van der Waals surface area contributed by atoms with Crippen LogP contribution in [-0.2, 0) is 0 Å². The lowest BCUT2D eigenvalue weighted by Crippen LogP contribution is -1.82. The number of halogens is 3. The molecule has 0 saturated carbocycles. The van der Waals surface area contributed by atoms with Crippen LogP contribution in [-0.4, -0.2) is 9.97 Å². The second-order valence-electron chi connectivity index (χ2n) is 2.44. The molecule has 0 radical (unpaired) electrons. The maximum absolute atomic E-state index is 5.65. The molecule has 0 aliphatic heterocycles. The molecule has 0 aliphatic rings. The third kappa shape index (κ3) is 2.08. The molecule has 0 bridgehead atoms. The number of benzene rings is 1. The van der Waals surface area contributed by atoms with Crippen molar-refractivity contribution in [2.45, 2.75) is 4.84 Å². The molecule has 1 aromatic heterocycles. The largest absolute Gasteiger partial charge is 0.340 e. The molecule has 1 aromatic carbocycles. The molecule has 0 aliphatic carbocycles. The second-order valence-corrected chi connectivity index (χ2v) is 3.54. The number of nitrogens with one attached hydrogen (secondary N) is 1. The average Bonchev–Trinajstić information content (AvgIpc) is 2.46. The minimum Gasteiger partial charge on any atom is -0.340 e. The van der Waals surface area contributed by atoms with E-state index in [9.17, 15) is 0 Å². The molecule has 5 heteroatoms. The van der Waals surface area contributed by atoms with Gasteiger partial charge in [0.2, 0.25) is 0 Å². The van der Waals surface area contributed by atoms with E-state index in [1.165, 1.54) is 0 Å². The summed E-state index contributed by atoms with van der Waals surface area (Å²) in [5.41, 5.74) is 1.85. The van der Waals surface area contributed by atoms with Crippen LogP contribution in [0.1, 0.15) is 10.7 Å². The average molecular weight is 238 g/mol. The lowest BCUT2D eigenvalue weighted by Gasteiger charge is -1.90. The van der Waals surface area contributed by atoms with E-state index in [0.717, 1.165) is 11.0 Å². The Hall–Kier alpha value is -0.440. The van der Waals surface area contributed by atoms with E-state index < -0.39 is 4.84 Å². The number of imidazole rings is 1. The van der Waals surface area contributed by atoms with Crippen LogP contribution in [0.4, 0.5) is 0 Å². The van der Waals surface area contributed by atoms with Gasteiger partial charge in [-0.25, -0.2) is 4.98 Å². The van der Waals surface area contributed by atoms with E-state index in [-0.39, 0.29) is 12.4 Å². The highest BCUT2D eigenvalue weighted by Crippen LogP contribution is 2.23. The number of fused-ring (bicyclic) bond motifs is 1. The fraction of sp³-hybridized carbons (Fsp3) is 0.125. The molecular formula is C8H7Cl3N2. The molecule has 0 spiro atoms. The molecule has 2 nitrogen and oxygen atoms in total. The summed E-state index contributed by atoms with van der Waals surface area (Å²) in [5.74, 6) is 0.597. The van der Waals surface area contributed by atoms with E-state index in [1.807, 2.05) is 24.3 Å². The molecule has 0 unspecified atom stereocenters. The van der Waals surface area contributed by atoms with Crippen molar-refractivity contribution in [2.75, 3.05) is 0 Å². The highest BCUT2D eigenvalue weighted by Gasteiger charge is 2.07. The number of H-pyrrole nitrogens is 1. The van der Waals surface area contributed by atoms with Gasteiger partial charge in [0.25, 0.3) is 0 Å². The third-order valence-corrected chi connectivity index (χ3v) is 2.03. The zero-order valence-corrected chi connectivity index (χ0v) is 8.83. The number of hydrogen-bond donors (Lipinski definition) is 1. The summed E-state index contributed by atoms with van der Waals surface area (Å²) in [6, 6.07) is 7.69. The zero-order chi connectivity index (χ0) is 8.55. The lowest BCUT2D eigenvalue weighted by atomic mass is 10.3. The first-order valence-corrected chi connectivity index (χ1v) is 4.37. The summed E-state index contributed by atoms with van der Waals surface area (Å²) in [6.07, 6.45) is 0. The Bertz CT molecular complexity index is 364. The van der Waals surface area contributed by atoms with Crippen LogP contribution in [0.5, 0.6) is 0 Å². The van der Waals surface area contributed by atoms with Gasteiger partial charge in [0.1, 0.15) is 5.82 Å². The van der Waals surface area contributed by atoms with Gasteiger partial charge in [-0.3, -0.25) is 0 Å². The van der Waals surface area contributed by atoms with Crippen molar-refractivity contribution in [3.63, 3.8) is 0 Å². The molecule has 1 N–H and O–H groups in total. The van der Waals surface area contributed by atoms with Crippen molar-refractivity contribution in [3.8, 4) is 0 Å². The van der Waals surface area contributed by atoms with Gasteiger partial charge in [0.05, 0.1) is 11.0 Å². The summed E-state index contributed by atoms with van der Waals surface area (Å²) in [6.45, 7) is 0. The van der Waals surface area contributed by atoms with Crippen LogP contribution in [0.3, 0.4) is 0 Å². The molecule has 0 amide bonds. The maximum atomic E-state index is 5.65. The van der Waals surface area contributed by atoms with E-state index in [2.05, 4.69) is 9.97 Å². The predicted octanol–water partition coefficient (Wildman–Crippen LogP) is 3.46. The summed E-state index contributed by atoms with van der Waals surface area (Å²) < 4.78 is 0. The van der Waals surface area contributed by atoms with Gasteiger partial charge in [-0.15, -0.1) is 12.4 Å². The molecule has 2 rings (SSSR count). The number of para-hydroxylation sites is 2. The van der Waals surface area contributed by atoms with Crippen LogP contribution in [0.15, 0.2) is 24.3 Å². The smallest absolute Gasteiger partial charge is 0.165 e. The Morgan fingerprint density at radius 1 is 1.23 bits per heavy atom. The van der Waals surface area contributed by atoms with Gasteiger partial charge in [0, 0.05) is 0 Å². The molecule has 1 heterocycles. The quantitative estimate of drug-likeness (QED) is 0.756. The van der Waals surface area contributed by atoms with Crippen molar-refractivity contribution in [1.82, 2.24) is 9.97 Å². The standard InChI is InChI=1S/C8H6Cl2N2.ClH/c9-7(10)8-11-5-3-1-2-4-6(5)12-8;/h1-4,7H,(H,11,12);1H. The topological polar surface area (TPSA) is 28.7 Å². The first-order chi connectivity index (χ1) is 5.77. The Morgan fingerprint density at radius 3 is 2.54 bits per heavy atom. The van der Waals surface area contributed by atoms with Crippen molar-refractivity contribution in [1.29, 1.82) is 0 Å². The van der Waals surface area contributed by atoms with E-state index >= 15 is 0 Å². The van der Waals surface area contributed by atoms with Crippen molar-refractivity contribution >= 4 is 46.6 Å². The molecular weight excluding hydrogens is 230 g/mol. The summed E-state index contributed by atoms with van der Waals surface area (Å²) in [7, 11) is 0. The summed E-state index contributed by atoms with van der Waals surface area (Å²) in [5, 5.41) is 0. The van der Waals surface area contributed by atoms with Gasteiger partial charge < -0.3 is 4.98 Å². The molecule has 0 fully saturated rings. The summed E-state index contributed by atoms with van der Waals surface area (Å²) >= 11 is 11.3. The number of hydrogen-bond acceptors (Lipinski definition) is 1. The number of alkyl halides is 2. The van der Waals surface area contributed by atoms with Gasteiger partial charge in [-0.05, 0) is 12.1 Å². The normalized spacial score (nSPS) is 10.4. The van der Waals surface area contributed by atoms with E-state index in [4.69, 9.17) is 23.2 Å². The minimum atomic E-state index is -0.586. The monoisotopic (exact) mass is 236 g/mol. The Labute approximate surface area is 91.7 Å². The van der Waals surface area contributed by atoms with Crippen LogP contribution in [0.25, 0.3) is 11.0 Å². The zero-order valence-electron chi connectivity index (χ0n) is 6.50. The SMILES string of the molecule is Cl.ClC(Cl)c1nc2ccccc2[nH]1. The predicted molar refractivity (Wildman–Crippen MR) is 57.8 cm³/mol. The van der Waals surface area contributed by atoms with Crippen LogP contribution >= 0.6 is 35.6 Å². The lowest BCUT2D eigenvalue weighted by molar-refractivity contribution is 1.11. The first-order valence-electron chi connectivity index (χ1n) is 3.50. The first kappa shape index (κ1) is 10.6. The molecule has 0 saturated heterocycles. The molecule has 70 valence electrons. The van der Waals surface area contributed by atoms with Gasteiger partial charge in [-0.1, -0.05) is 35.3 Å². The van der Waals surface area contributed by atoms with Crippen LogP contribution < -0.4 is 0 Å². The Kier molecular flexibility index (Phi) is 3.42. The van der Waals surface area contributed by atoms with Gasteiger partial charge >= 0.3 is 0 Å². The van der Waals surface area contributed by atoms with Crippen LogP contribution in [0.2, 0.25) is 0 Å². The number of aromatic amines is 1. The third-order valence-electron chi connectivity index (χ3n) is 1.61. The van der Waals surface area contributed by atoms with Crippen molar-refractivity contribution in [2.24, 2.45) is 0 Å². The molecule has 13 heavy (non-hydrogen) atoms. The summed E-state index contributed by atoms with van der Waals surface area (Å²) in [4.78, 5) is 6.63. The van der Waals surface area contributed by atoms with Gasteiger partial charge in [0.15, 0.2) is 4.84 Å². The van der Waals surface area contributed by atoms with Crippen molar-refractivity contribution < 1.29 is 0 Å². The fourth-order valence-electron chi connectivity index (χ4n) is 1.08. The fourth-order valence-corrected chi connectivity index (χ4v) is 1.28. The number of aromatic nitrogens is 2. The second kappa shape index (κ2) is 4.18. The highest BCUT2D eigenvalue weighted by molar-refractivity contribution is 6.43. The van der Waals surface area contributed by atoms with E-state index in [1.54, 1.807) is 0 Å². The number of nitrogens with zero attached hydrogens (tertiary/aromatic N) is 1. The van der Waals surface area contributed by atoms with Crippen molar-refractivity contribution in [3.05, 3.63) is 30.1 Å². The van der Waals surface area contributed by atoms with Crippen LogP contribution in [0, 0.1) is 0 Å². The molecule has 0 atom stereocenters. The van der Waals surface area contributed by atoms with Gasteiger partial charge in [-0.2, -0.15) is 0 Å². The highest BCUT2D eigenvalue weighted by atomic mass is 35.5. The molecule has 2 aromatic rings.